The van der Waals surface area contributed by atoms with Crippen molar-refractivity contribution in [3.05, 3.63) is 89.2 Å². The van der Waals surface area contributed by atoms with E-state index in [2.05, 4.69) is 10.6 Å². The van der Waals surface area contributed by atoms with Crippen molar-refractivity contribution >= 4 is 23.2 Å². The van der Waals surface area contributed by atoms with E-state index in [1.807, 2.05) is 32.0 Å². The van der Waals surface area contributed by atoms with Crippen LogP contribution in [0.25, 0.3) is 0 Å². The molecule has 0 radical (unpaired) electrons. The summed E-state index contributed by atoms with van der Waals surface area (Å²) in [6.45, 7) is 5.67. The van der Waals surface area contributed by atoms with Crippen LogP contribution in [0.1, 0.15) is 35.3 Å². The number of hydrogen-bond acceptors (Lipinski definition) is 3. The number of anilines is 2. The van der Waals surface area contributed by atoms with Crippen LogP contribution >= 0.6 is 0 Å². The molecule has 3 aromatic carbocycles. The van der Waals surface area contributed by atoms with Crippen molar-refractivity contribution in [2.75, 3.05) is 10.6 Å². The molecular weight excluding hydrogens is 395 g/mol. The van der Waals surface area contributed by atoms with Gasteiger partial charge >= 0.3 is 0 Å². The van der Waals surface area contributed by atoms with Crippen molar-refractivity contribution < 1.29 is 18.7 Å². The first-order valence-electron chi connectivity index (χ1n) is 10.1. The lowest BCUT2D eigenvalue weighted by molar-refractivity contribution is -0.122. The second kappa shape index (κ2) is 9.89. The van der Waals surface area contributed by atoms with Crippen LogP contribution in [0.5, 0.6) is 5.75 Å². The Morgan fingerprint density at radius 1 is 0.968 bits per heavy atom. The molecule has 0 spiro atoms. The van der Waals surface area contributed by atoms with E-state index in [4.69, 9.17) is 4.74 Å². The van der Waals surface area contributed by atoms with Gasteiger partial charge in [0.05, 0.1) is 0 Å². The Morgan fingerprint density at radius 3 is 2.29 bits per heavy atom. The molecule has 6 heteroatoms. The number of benzene rings is 3. The first-order valence-corrected chi connectivity index (χ1v) is 10.1. The maximum atomic E-state index is 13.0. The van der Waals surface area contributed by atoms with Crippen molar-refractivity contribution in [2.45, 2.75) is 33.3 Å². The van der Waals surface area contributed by atoms with Gasteiger partial charge < -0.3 is 15.4 Å². The summed E-state index contributed by atoms with van der Waals surface area (Å²) in [5.74, 6) is -0.467. The third kappa shape index (κ3) is 5.69. The zero-order valence-corrected chi connectivity index (χ0v) is 17.7. The summed E-state index contributed by atoms with van der Waals surface area (Å²) in [7, 11) is 0. The quantitative estimate of drug-likeness (QED) is 0.541. The highest BCUT2D eigenvalue weighted by Gasteiger charge is 2.17. The number of aryl methyl sites for hydroxylation is 2. The highest BCUT2D eigenvalue weighted by atomic mass is 19.1. The number of carbonyl (C=O) groups is 2. The van der Waals surface area contributed by atoms with Crippen LogP contribution in [0.2, 0.25) is 0 Å². The van der Waals surface area contributed by atoms with E-state index in [0.29, 0.717) is 17.0 Å². The molecule has 0 aliphatic carbocycles. The second-order valence-electron chi connectivity index (χ2n) is 7.20. The predicted octanol–water partition coefficient (Wildman–Crippen LogP) is 5.35. The number of amides is 2. The molecule has 0 aliphatic rings. The molecule has 0 fully saturated rings. The number of para-hydroxylation sites is 1. The molecule has 0 saturated carbocycles. The summed E-state index contributed by atoms with van der Waals surface area (Å²) < 4.78 is 18.7. The molecule has 3 rings (SSSR count). The van der Waals surface area contributed by atoms with E-state index >= 15 is 0 Å². The van der Waals surface area contributed by atoms with E-state index < -0.39 is 6.10 Å². The topological polar surface area (TPSA) is 67.4 Å². The van der Waals surface area contributed by atoms with Gasteiger partial charge in [0.2, 0.25) is 0 Å². The molecule has 160 valence electrons. The van der Waals surface area contributed by atoms with Gasteiger partial charge in [0.1, 0.15) is 11.6 Å². The number of halogens is 1. The third-order valence-corrected chi connectivity index (χ3v) is 4.89. The molecular formula is C25H25FN2O3. The zero-order valence-electron chi connectivity index (χ0n) is 17.7. The van der Waals surface area contributed by atoms with Crippen LogP contribution in [0.3, 0.4) is 0 Å². The third-order valence-electron chi connectivity index (χ3n) is 4.89. The summed E-state index contributed by atoms with van der Waals surface area (Å²) >= 11 is 0. The number of ether oxygens (including phenoxy) is 1. The predicted molar refractivity (Wildman–Crippen MR) is 120 cm³/mol. The Labute approximate surface area is 181 Å². The summed E-state index contributed by atoms with van der Waals surface area (Å²) in [4.78, 5) is 24.9. The van der Waals surface area contributed by atoms with Gasteiger partial charge in [-0.05, 0) is 79.9 Å². The molecule has 0 unspecified atom stereocenters. The highest BCUT2D eigenvalue weighted by molar-refractivity contribution is 6.04. The van der Waals surface area contributed by atoms with Crippen molar-refractivity contribution in [3.8, 4) is 5.75 Å². The first-order chi connectivity index (χ1) is 14.9. The number of carbonyl (C=O) groups excluding carboxylic acids is 2. The van der Waals surface area contributed by atoms with Gasteiger partial charge in [-0.3, -0.25) is 9.59 Å². The Morgan fingerprint density at radius 2 is 1.65 bits per heavy atom. The van der Waals surface area contributed by atoms with Gasteiger partial charge in [0.25, 0.3) is 11.8 Å². The molecule has 0 aliphatic heterocycles. The van der Waals surface area contributed by atoms with E-state index in [9.17, 15) is 14.0 Å². The molecule has 5 nitrogen and oxygen atoms in total. The minimum absolute atomic E-state index is 0.248. The summed E-state index contributed by atoms with van der Waals surface area (Å²) in [5.41, 5.74) is 3.80. The SMILES string of the molecule is CCc1cccc(C)c1NC(=O)[C@H](C)Oc1ccc(C(=O)Nc2ccc(F)cc2)cc1. The molecule has 31 heavy (non-hydrogen) atoms. The standard InChI is InChI=1S/C25H25FN2O3/c1-4-18-7-5-6-16(2)23(18)28-24(29)17(3)31-22-14-8-19(9-15-22)25(30)27-21-12-10-20(26)11-13-21/h5-15,17H,4H2,1-3H3,(H,27,30)(H,28,29)/t17-/m0/s1. The van der Waals surface area contributed by atoms with Crippen molar-refractivity contribution in [2.24, 2.45) is 0 Å². The average Bonchev–Trinajstić information content (AvgIpc) is 2.77. The largest absolute Gasteiger partial charge is 0.481 e. The van der Waals surface area contributed by atoms with Crippen LogP contribution in [0.15, 0.2) is 66.7 Å². The van der Waals surface area contributed by atoms with Gasteiger partial charge in [-0.25, -0.2) is 4.39 Å². The van der Waals surface area contributed by atoms with Gasteiger partial charge in [-0.15, -0.1) is 0 Å². The fourth-order valence-electron chi connectivity index (χ4n) is 3.11. The normalized spacial score (nSPS) is 11.5. The molecule has 2 amide bonds. The van der Waals surface area contributed by atoms with Gasteiger partial charge in [0.15, 0.2) is 6.10 Å². The van der Waals surface area contributed by atoms with E-state index in [1.165, 1.54) is 24.3 Å². The summed E-state index contributed by atoms with van der Waals surface area (Å²) in [6, 6.07) is 17.9. The van der Waals surface area contributed by atoms with Crippen molar-refractivity contribution in [1.82, 2.24) is 0 Å². The number of hydrogen-bond donors (Lipinski definition) is 2. The maximum Gasteiger partial charge on any atom is 0.265 e. The molecule has 1 atom stereocenters. The second-order valence-corrected chi connectivity index (χ2v) is 7.20. The highest BCUT2D eigenvalue weighted by Crippen LogP contribution is 2.22. The Bertz CT molecular complexity index is 1060. The minimum Gasteiger partial charge on any atom is -0.481 e. The maximum absolute atomic E-state index is 13.0. The van der Waals surface area contributed by atoms with Crippen molar-refractivity contribution in [3.63, 3.8) is 0 Å². The summed E-state index contributed by atoms with van der Waals surface area (Å²) in [6.07, 6.45) is 0.0942. The van der Waals surface area contributed by atoms with Gasteiger partial charge in [-0.1, -0.05) is 25.1 Å². The Kier molecular flexibility index (Phi) is 7.03. The molecule has 0 aromatic heterocycles. The Balaban J connectivity index is 1.60. The number of nitrogens with one attached hydrogen (secondary N) is 2. The lowest BCUT2D eigenvalue weighted by Crippen LogP contribution is -2.30. The lowest BCUT2D eigenvalue weighted by atomic mass is 10.1. The van der Waals surface area contributed by atoms with Crippen molar-refractivity contribution in [1.29, 1.82) is 0 Å². The van der Waals surface area contributed by atoms with Gasteiger partial charge in [0, 0.05) is 16.9 Å². The molecule has 3 aromatic rings. The van der Waals surface area contributed by atoms with Gasteiger partial charge in [-0.2, -0.15) is 0 Å². The molecule has 0 bridgehead atoms. The molecule has 0 heterocycles. The Hall–Kier alpha value is -3.67. The van der Waals surface area contributed by atoms with Crippen LogP contribution in [0, 0.1) is 12.7 Å². The lowest BCUT2D eigenvalue weighted by Gasteiger charge is -2.18. The van der Waals surface area contributed by atoms with Crippen LogP contribution < -0.4 is 15.4 Å². The monoisotopic (exact) mass is 420 g/mol. The fourth-order valence-corrected chi connectivity index (χ4v) is 3.11. The fraction of sp³-hybridized carbons (Fsp3) is 0.200. The summed E-state index contributed by atoms with van der Waals surface area (Å²) in [5, 5.41) is 5.65. The van der Waals surface area contributed by atoms with Crippen LogP contribution in [-0.2, 0) is 11.2 Å². The van der Waals surface area contributed by atoms with Crippen LogP contribution in [0.4, 0.5) is 15.8 Å². The number of rotatable bonds is 7. The van der Waals surface area contributed by atoms with E-state index in [1.54, 1.807) is 31.2 Å². The van der Waals surface area contributed by atoms with Crippen LogP contribution in [-0.4, -0.2) is 17.9 Å². The molecule has 0 saturated heterocycles. The molecule has 2 N–H and O–H groups in total. The zero-order chi connectivity index (χ0) is 22.4. The minimum atomic E-state index is -0.719. The first kappa shape index (κ1) is 22.0. The van der Waals surface area contributed by atoms with E-state index in [-0.39, 0.29) is 17.6 Å². The average molecular weight is 420 g/mol. The van der Waals surface area contributed by atoms with E-state index in [0.717, 1.165) is 23.2 Å². The smallest absolute Gasteiger partial charge is 0.265 e.